The average molecular weight is 469 g/mol. The van der Waals surface area contributed by atoms with E-state index in [2.05, 4.69) is 10.1 Å². The zero-order valence-electron chi connectivity index (χ0n) is 19.2. The van der Waals surface area contributed by atoms with Gasteiger partial charge >= 0.3 is 0 Å². The Bertz CT molecular complexity index is 1250. The summed E-state index contributed by atoms with van der Waals surface area (Å²) >= 11 is 0. The van der Waals surface area contributed by atoms with Crippen molar-refractivity contribution in [3.8, 4) is 5.69 Å². The molecule has 3 rings (SSSR count). The van der Waals surface area contributed by atoms with Gasteiger partial charge in [0.25, 0.3) is 0 Å². The highest BCUT2D eigenvalue weighted by Crippen LogP contribution is 2.17. The van der Waals surface area contributed by atoms with Crippen molar-refractivity contribution < 1.29 is 18.0 Å². The van der Waals surface area contributed by atoms with Crippen LogP contribution in [0.3, 0.4) is 0 Å². The van der Waals surface area contributed by atoms with Gasteiger partial charge in [0.1, 0.15) is 11.4 Å². The van der Waals surface area contributed by atoms with Crippen molar-refractivity contribution in [3.05, 3.63) is 71.8 Å². The lowest BCUT2D eigenvalue weighted by molar-refractivity contribution is 0.0962. The number of hydrogen-bond donors (Lipinski definition) is 0. The normalized spacial score (nSPS) is 11.8. The number of aromatic nitrogens is 3. The Labute approximate surface area is 194 Å². The smallest absolute Gasteiger partial charge is 0.242 e. The van der Waals surface area contributed by atoms with Crippen molar-refractivity contribution in [2.45, 2.75) is 38.0 Å². The molecule has 1 aromatic carbocycles. The largest absolute Gasteiger partial charge is 0.292 e. The minimum absolute atomic E-state index is 0.0645. The van der Waals surface area contributed by atoms with Gasteiger partial charge in [-0.3, -0.25) is 9.59 Å². The van der Waals surface area contributed by atoms with E-state index in [9.17, 15) is 18.0 Å². The molecule has 0 amide bonds. The summed E-state index contributed by atoms with van der Waals surface area (Å²) in [7, 11) is -0.519. The van der Waals surface area contributed by atoms with Gasteiger partial charge in [-0.2, -0.15) is 5.10 Å². The van der Waals surface area contributed by atoms with Crippen molar-refractivity contribution in [1.82, 2.24) is 19.1 Å². The molecule has 0 saturated heterocycles. The van der Waals surface area contributed by atoms with Gasteiger partial charge in [-0.1, -0.05) is 19.9 Å². The van der Waals surface area contributed by atoms with Gasteiger partial charge in [0, 0.05) is 33.1 Å². The number of carbonyl (C=O) groups is 2. The number of ketones is 2. The minimum Gasteiger partial charge on any atom is -0.292 e. The summed E-state index contributed by atoms with van der Waals surface area (Å²) in [5.74, 6) is 0.0225. The molecule has 0 spiro atoms. The molecule has 33 heavy (non-hydrogen) atoms. The number of rotatable bonds is 10. The van der Waals surface area contributed by atoms with E-state index in [1.165, 1.54) is 26.2 Å². The number of benzene rings is 1. The predicted molar refractivity (Wildman–Crippen MR) is 125 cm³/mol. The molecule has 0 N–H and O–H groups in total. The second-order valence-corrected chi connectivity index (χ2v) is 10.6. The second-order valence-electron chi connectivity index (χ2n) is 8.43. The van der Waals surface area contributed by atoms with Crippen LogP contribution < -0.4 is 0 Å². The van der Waals surface area contributed by atoms with Crippen LogP contribution in [-0.2, 0) is 16.4 Å². The molecule has 0 aliphatic carbocycles. The third-order valence-corrected chi connectivity index (χ3v) is 6.90. The molecule has 0 atom stereocenters. The molecule has 0 unspecified atom stereocenters. The molecule has 0 radical (unpaired) electrons. The highest BCUT2D eigenvalue weighted by Gasteiger charge is 2.17. The quantitative estimate of drug-likeness (QED) is 0.422. The average Bonchev–Trinajstić information content (AvgIpc) is 3.26. The number of pyridine rings is 1. The summed E-state index contributed by atoms with van der Waals surface area (Å²) < 4.78 is 27.2. The zero-order valence-corrected chi connectivity index (χ0v) is 20.0. The SMILES string of the molecule is CC(C)CC(=O)c1cccc(C(=O)CCc2cnn(-c3ccc(S(=O)(=O)N(C)C)cc3)c2)n1. The number of carbonyl (C=O) groups excluding carboxylic acids is 2. The van der Waals surface area contributed by atoms with Crippen molar-refractivity contribution in [2.75, 3.05) is 14.1 Å². The summed E-state index contributed by atoms with van der Waals surface area (Å²) in [5.41, 5.74) is 2.18. The number of Topliss-reactive ketones (excluding diaryl/α,β-unsaturated/α-hetero) is 2. The third-order valence-electron chi connectivity index (χ3n) is 5.07. The van der Waals surface area contributed by atoms with E-state index in [1.54, 1.807) is 47.4 Å². The van der Waals surface area contributed by atoms with Crippen LogP contribution in [0.4, 0.5) is 0 Å². The Morgan fingerprint density at radius 1 is 1.00 bits per heavy atom. The molecule has 174 valence electrons. The number of sulfonamides is 1. The maximum Gasteiger partial charge on any atom is 0.242 e. The lowest BCUT2D eigenvalue weighted by Crippen LogP contribution is -2.22. The molecule has 9 heteroatoms. The summed E-state index contributed by atoms with van der Waals surface area (Å²) in [6.07, 6.45) is 4.58. The van der Waals surface area contributed by atoms with Gasteiger partial charge < -0.3 is 0 Å². The highest BCUT2D eigenvalue weighted by atomic mass is 32.2. The first-order valence-corrected chi connectivity index (χ1v) is 12.1. The molecular formula is C24H28N4O4S. The van der Waals surface area contributed by atoms with Gasteiger partial charge in [-0.15, -0.1) is 0 Å². The fourth-order valence-electron chi connectivity index (χ4n) is 3.22. The van der Waals surface area contributed by atoms with Gasteiger partial charge in [-0.05, 0) is 54.3 Å². The molecule has 0 aliphatic heterocycles. The van der Waals surface area contributed by atoms with Gasteiger partial charge in [0.05, 0.1) is 16.8 Å². The third kappa shape index (κ3) is 6.00. The maximum absolute atomic E-state index is 12.6. The van der Waals surface area contributed by atoms with Crippen LogP contribution in [-0.4, -0.2) is 53.1 Å². The summed E-state index contributed by atoms with van der Waals surface area (Å²) in [4.78, 5) is 29.3. The van der Waals surface area contributed by atoms with E-state index in [4.69, 9.17) is 0 Å². The first kappa shape index (κ1) is 24.5. The summed E-state index contributed by atoms with van der Waals surface area (Å²) in [5, 5.41) is 4.31. The Kier molecular flexibility index (Phi) is 7.55. The highest BCUT2D eigenvalue weighted by molar-refractivity contribution is 7.89. The lowest BCUT2D eigenvalue weighted by Gasteiger charge is -2.11. The standard InChI is InChI=1S/C24H28N4O4S/c1-17(2)14-24(30)22-7-5-6-21(26-22)23(29)13-8-18-15-25-28(16-18)19-9-11-20(12-10-19)33(31,32)27(3)4/h5-7,9-12,15-17H,8,13-14H2,1-4H3. The fourth-order valence-corrected chi connectivity index (χ4v) is 4.12. The van der Waals surface area contributed by atoms with Gasteiger partial charge in [-0.25, -0.2) is 22.4 Å². The molecule has 0 aliphatic rings. The van der Waals surface area contributed by atoms with Crippen molar-refractivity contribution >= 4 is 21.6 Å². The van der Waals surface area contributed by atoms with E-state index < -0.39 is 10.0 Å². The monoisotopic (exact) mass is 468 g/mol. The molecule has 2 heterocycles. The van der Waals surface area contributed by atoms with Gasteiger partial charge in [0.15, 0.2) is 11.6 Å². The Hall–Kier alpha value is -3.17. The Morgan fingerprint density at radius 3 is 2.24 bits per heavy atom. The van der Waals surface area contributed by atoms with Crippen LogP contribution in [0, 0.1) is 5.92 Å². The van der Waals surface area contributed by atoms with E-state index in [0.29, 0.717) is 24.2 Å². The molecular weight excluding hydrogens is 440 g/mol. The Morgan fingerprint density at radius 2 is 1.64 bits per heavy atom. The number of aryl methyl sites for hydroxylation is 1. The summed E-state index contributed by atoms with van der Waals surface area (Å²) in [6, 6.07) is 11.4. The molecule has 2 aromatic heterocycles. The van der Waals surface area contributed by atoms with E-state index >= 15 is 0 Å². The van der Waals surface area contributed by atoms with Crippen molar-refractivity contribution in [2.24, 2.45) is 5.92 Å². The summed E-state index contributed by atoms with van der Waals surface area (Å²) in [6.45, 7) is 3.93. The van der Waals surface area contributed by atoms with Crippen LogP contribution in [0.25, 0.3) is 5.69 Å². The van der Waals surface area contributed by atoms with Crippen molar-refractivity contribution in [1.29, 1.82) is 0 Å². The maximum atomic E-state index is 12.6. The van der Waals surface area contributed by atoms with Crippen molar-refractivity contribution in [3.63, 3.8) is 0 Å². The van der Waals surface area contributed by atoms with Crippen LogP contribution in [0.1, 0.15) is 53.2 Å². The van der Waals surface area contributed by atoms with E-state index in [0.717, 1.165) is 9.87 Å². The van der Waals surface area contributed by atoms with Crippen LogP contribution in [0.15, 0.2) is 59.8 Å². The van der Waals surface area contributed by atoms with E-state index in [-0.39, 0.29) is 34.5 Å². The fraction of sp³-hybridized carbons (Fsp3) is 0.333. The molecule has 3 aromatic rings. The van der Waals surface area contributed by atoms with Crippen LogP contribution in [0.2, 0.25) is 0 Å². The Balaban J connectivity index is 1.65. The minimum atomic E-state index is -3.49. The lowest BCUT2D eigenvalue weighted by atomic mass is 10.0. The first-order chi connectivity index (χ1) is 15.6. The predicted octanol–water partition coefficient (Wildman–Crippen LogP) is 3.56. The second kappa shape index (κ2) is 10.2. The number of nitrogens with zero attached hydrogens (tertiary/aromatic N) is 4. The molecule has 0 bridgehead atoms. The topological polar surface area (TPSA) is 102 Å². The van der Waals surface area contributed by atoms with Gasteiger partial charge in [0.2, 0.25) is 10.0 Å². The molecule has 8 nitrogen and oxygen atoms in total. The van der Waals surface area contributed by atoms with Crippen LogP contribution in [0.5, 0.6) is 0 Å². The first-order valence-electron chi connectivity index (χ1n) is 10.7. The van der Waals surface area contributed by atoms with Crippen LogP contribution >= 0.6 is 0 Å². The molecule has 0 saturated carbocycles. The number of hydrogen-bond acceptors (Lipinski definition) is 6. The zero-order chi connectivity index (χ0) is 24.2. The van der Waals surface area contributed by atoms with E-state index in [1.807, 2.05) is 13.8 Å². The molecule has 0 fully saturated rings.